The highest BCUT2D eigenvalue weighted by molar-refractivity contribution is 6.18. The maximum atomic E-state index is 13.7. The Labute approximate surface area is 206 Å². The maximum absolute atomic E-state index is 13.7. The van der Waals surface area contributed by atoms with Crippen LogP contribution in [0, 0.1) is 0 Å². The van der Waals surface area contributed by atoms with Crippen LogP contribution in [0.4, 0.5) is 5.69 Å². The summed E-state index contributed by atoms with van der Waals surface area (Å²) in [7, 11) is 3.01. The summed E-state index contributed by atoms with van der Waals surface area (Å²) >= 11 is 0. The fourth-order valence-electron chi connectivity index (χ4n) is 4.92. The molecule has 0 fully saturated rings. The summed E-state index contributed by atoms with van der Waals surface area (Å²) in [5.74, 6) is 0.224. The van der Waals surface area contributed by atoms with E-state index in [1.165, 1.54) is 33.5 Å². The van der Waals surface area contributed by atoms with Crippen LogP contribution in [0.3, 0.4) is 0 Å². The highest BCUT2D eigenvalue weighted by Gasteiger charge is 2.49. The van der Waals surface area contributed by atoms with Crippen molar-refractivity contribution in [3.05, 3.63) is 53.1 Å². The van der Waals surface area contributed by atoms with Gasteiger partial charge in [0.25, 0.3) is 11.8 Å². The third-order valence-electron chi connectivity index (χ3n) is 6.67. The fraction of sp³-hybridized carbons (Fsp3) is 0.444. The number of carbonyl (C=O) groups is 3. The Morgan fingerprint density at radius 2 is 1.74 bits per heavy atom. The monoisotopic (exact) mass is 479 g/mol. The molecule has 0 radical (unpaired) electrons. The van der Waals surface area contributed by atoms with E-state index >= 15 is 0 Å². The van der Waals surface area contributed by atoms with Crippen molar-refractivity contribution in [2.45, 2.75) is 51.6 Å². The quantitative estimate of drug-likeness (QED) is 0.486. The van der Waals surface area contributed by atoms with Crippen LogP contribution in [0.25, 0.3) is 0 Å². The molecule has 35 heavy (non-hydrogen) atoms. The first-order valence-electron chi connectivity index (χ1n) is 12.3. The molecular formula is C27H33N3O5. The van der Waals surface area contributed by atoms with Crippen LogP contribution in [0.2, 0.25) is 0 Å². The number of hydrogen-bond donors (Lipinski definition) is 1. The number of methoxy groups -OCH3 is 2. The maximum Gasteiger partial charge on any atom is 0.264 e. The number of carbonyl (C=O) groups excluding carboxylic acids is 3. The Hall–Kier alpha value is -3.55. The molecule has 2 aliphatic heterocycles. The van der Waals surface area contributed by atoms with Crippen molar-refractivity contribution in [1.82, 2.24) is 10.2 Å². The number of ether oxygens (including phenoxy) is 2. The molecule has 1 N–H and O–H groups in total. The van der Waals surface area contributed by atoms with Crippen LogP contribution in [-0.4, -0.2) is 49.9 Å². The van der Waals surface area contributed by atoms with Gasteiger partial charge in [-0.15, -0.1) is 0 Å². The van der Waals surface area contributed by atoms with E-state index in [9.17, 15) is 14.4 Å². The highest BCUT2D eigenvalue weighted by atomic mass is 16.5. The SMILES string of the molecule is CCCCCCCNC(=O)CCN1C(=O)c2ccccc2N2C(=O)c3c(ccc(OC)c3OC)[C@@H]12. The fourth-order valence-corrected chi connectivity index (χ4v) is 4.92. The summed E-state index contributed by atoms with van der Waals surface area (Å²) in [5.41, 5.74) is 2.03. The summed E-state index contributed by atoms with van der Waals surface area (Å²) in [5, 5.41) is 2.96. The number of unbranched alkanes of at least 4 members (excludes halogenated alkanes) is 4. The predicted octanol–water partition coefficient (Wildman–Crippen LogP) is 4.30. The Bertz CT molecular complexity index is 1120. The van der Waals surface area contributed by atoms with E-state index in [2.05, 4.69) is 12.2 Å². The van der Waals surface area contributed by atoms with Crippen molar-refractivity contribution in [2.75, 3.05) is 32.2 Å². The van der Waals surface area contributed by atoms with E-state index in [1.807, 2.05) is 0 Å². The van der Waals surface area contributed by atoms with E-state index in [4.69, 9.17) is 9.47 Å². The van der Waals surface area contributed by atoms with Gasteiger partial charge in [-0.05, 0) is 24.6 Å². The molecule has 2 heterocycles. The minimum Gasteiger partial charge on any atom is -0.493 e. The zero-order valence-electron chi connectivity index (χ0n) is 20.6. The van der Waals surface area contributed by atoms with E-state index < -0.39 is 6.17 Å². The third kappa shape index (κ3) is 4.57. The second-order valence-electron chi connectivity index (χ2n) is 8.84. The van der Waals surface area contributed by atoms with Crippen LogP contribution < -0.4 is 19.7 Å². The first-order valence-corrected chi connectivity index (χ1v) is 12.3. The summed E-state index contributed by atoms with van der Waals surface area (Å²) in [6, 6.07) is 10.6. The molecule has 0 saturated heterocycles. The first kappa shape index (κ1) is 24.6. The van der Waals surface area contributed by atoms with E-state index in [1.54, 1.807) is 46.2 Å². The van der Waals surface area contributed by atoms with Crippen molar-refractivity contribution in [1.29, 1.82) is 0 Å². The van der Waals surface area contributed by atoms with Gasteiger partial charge < -0.3 is 19.7 Å². The van der Waals surface area contributed by atoms with E-state index in [-0.39, 0.29) is 30.7 Å². The molecule has 0 saturated carbocycles. The number of rotatable bonds is 11. The van der Waals surface area contributed by atoms with Gasteiger partial charge in [0, 0.05) is 25.1 Å². The second kappa shape index (κ2) is 10.8. The van der Waals surface area contributed by atoms with Crippen molar-refractivity contribution in [3.63, 3.8) is 0 Å². The lowest BCUT2D eigenvalue weighted by Gasteiger charge is -2.40. The molecule has 2 aliphatic rings. The molecule has 0 bridgehead atoms. The number of amides is 3. The molecule has 2 aromatic rings. The largest absolute Gasteiger partial charge is 0.493 e. The Morgan fingerprint density at radius 3 is 2.49 bits per heavy atom. The van der Waals surface area contributed by atoms with E-state index in [0.29, 0.717) is 40.4 Å². The normalized spacial score (nSPS) is 16.0. The molecule has 2 aromatic carbocycles. The topological polar surface area (TPSA) is 88.2 Å². The molecule has 0 aliphatic carbocycles. The van der Waals surface area contributed by atoms with Gasteiger partial charge in [0.05, 0.1) is 31.0 Å². The number of para-hydroxylation sites is 1. The molecule has 0 aromatic heterocycles. The second-order valence-corrected chi connectivity index (χ2v) is 8.84. The standard InChI is InChI=1S/C27H33N3O5/c1-4-5-6-7-10-16-28-22(31)15-17-29-25-19-13-14-21(34-2)24(35-3)23(19)27(33)30(25)20-12-9-8-11-18(20)26(29)32/h8-9,11-14,25H,4-7,10,15-17H2,1-3H3,(H,28,31)/t25-/m0/s1. The zero-order valence-corrected chi connectivity index (χ0v) is 20.6. The van der Waals surface area contributed by atoms with Crippen molar-refractivity contribution < 1.29 is 23.9 Å². The van der Waals surface area contributed by atoms with Gasteiger partial charge in [0.2, 0.25) is 5.91 Å². The lowest BCUT2D eigenvalue weighted by atomic mass is 10.0. The van der Waals surface area contributed by atoms with Crippen LogP contribution in [-0.2, 0) is 4.79 Å². The van der Waals surface area contributed by atoms with Crippen LogP contribution in [0.15, 0.2) is 36.4 Å². The smallest absolute Gasteiger partial charge is 0.264 e. The number of fused-ring (bicyclic) bond motifs is 5. The number of benzene rings is 2. The van der Waals surface area contributed by atoms with Crippen molar-refractivity contribution in [2.24, 2.45) is 0 Å². The Morgan fingerprint density at radius 1 is 0.971 bits per heavy atom. The average molecular weight is 480 g/mol. The molecule has 3 amide bonds. The molecule has 8 nitrogen and oxygen atoms in total. The van der Waals surface area contributed by atoms with Gasteiger partial charge in [-0.1, -0.05) is 50.8 Å². The Balaban J connectivity index is 1.58. The summed E-state index contributed by atoms with van der Waals surface area (Å²) < 4.78 is 10.9. The van der Waals surface area contributed by atoms with Gasteiger partial charge in [0.15, 0.2) is 11.5 Å². The number of anilines is 1. The van der Waals surface area contributed by atoms with Crippen LogP contribution >= 0.6 is 0 Å². The molecular weight excluding hydrogens is 446 g/mol. The van der Waals surface area contributed by atoms with Crippen LogP contribution in [0.1, 0.15) is 77.9 Å². The lowest BCUT2D eigenvalue weighted by molar-refractivity contribution is -0.121. The lowest BCUT2D eigenvalue weighted by Crippen LogP contribution is -2.49. The highest BCUT2D eigenvalue weighted by Crippen LogP contribution is 2.49. The number of hydrogen-bond acceptors (Lipinski definition) is 5. The van der Waals surface area contributed by atoms with Gasteiger partial charge >= 0.3 is 0 Å². The van der Waals surface area contributed by atoms with Gasteiger partial charge in [-0.3, -0.25) is 19.3 Å². The average Bonchev–Trinajstić information content (AvgIpc) is 3.17. The molecule has 4 rings (SSSR count). The van der Waals surface area contributed by atoms with Crippen molar-refractivity contribution in [3.8, 4) is 11.5 Å². The molecule has 1 atom stereocenters. The molecule has 8 heteroatoms. The molecule has 0 unspecified atom stereocenters. The van der Waals surface area contributed by atoms with Gasteiger partial charge in [-0.25, -0.2) is 0 Å². The predicted molar refractivity (Wildman–Crippen MR) is 133 cm³/mol. The summed E-state index contributed by atoms with van der Waals surface area (Å²) in [6.45, 7) is 3.00. The third-order valence-corrected chi connectivity index (χ3v) is 6.67. The number of nitrogens with zero attached hydrogens (tertiary/aromatic N) is 2. The minimum atomic E-state index is -0.651. The Kier molecular flexibility index (Phi) is 7.58. The zero-order chi connectivity index (χ0) is 24.9. The molecule has 0 spiro atoms. The van der Waals surface area contributed by atoms with Crippen molar-refractivity contribution >= 4 is 23.4 Å². The van der Waals surface area contributed by atoms with Gasteiger partial charge in [0.1, 0.15) is 6.17 Å². The van der Waals surface area contributed by atoms with E-state index in [0.717, 1.165) is 12.8 Å². The summed E-state index contributed by atoms with van der Waals surface area (Å²) in [4.78, 5) is 43.0. The minimum absolute atomic E-state index is 0.101. The summed E-state index contributed by atoms with van der Waals surface area (Å²) in [6.07, 6.45) is 5.11. The van der Waals surface area contributed by atoms with Gasteiger partial charge in [-0.2, -0.15) is 0 Å². The first-order chi connectivity index (χ1) is 17.0. The van der Waals surface area contributed by atoms with Crippen LogP contribution in [0.5, 0.6) is 11.5 Å². The molecule has 186 valence electrons. The number of nitrogens with one attached hydrogen (secondary N) is 1.